The molecule has 0 saturated carbocycles. The second-order valence-corrected chi connectivity index (χ2v) is 9.30. The molecule has 1 aliphatic heterocycles. The number of carbonyl (C=O) groups is 1. The molecule has 2 aromatic rings. The Morgan fingerprint density at radius 2 is 1.72 bits per heavy atom. The van der Waals surface area contributed by atoms with Gasteiger partial charge in [-0.1, -0.05) is 6.07 Å². The zero-order valence-corrected chi connectivity index (χ0v) is 18.5. The predicted molar refractivity (Wildman–Crippen MR) is 112 cm³/mol. The van der Waals surface area contributed by atoms with Crippen LogP contribution in [0.4, 0.5) is 4.79 Å². The van der Waals surface area contributed by atoms with Crippen LogP contribution in [0.5, 0.6) is 5.75 Å². The smallest absolute Gasteiger partial charge is 0.493 e. The van der Waals surface area contributed by atoms with E-state index in [9.17, 15) is 4.79 Å². The zero-order chi connectivity index (χ0) is 21.6. The van der Waals surface area contributed by atoms with Gasteiger partial charge in [-0.2, -0.15) is 0 Å². The number of hydrogen-bond donors (Lipinski definition) is 1. The van der Waals surface area contributed by atoms with Gasteiger partial charge in [-0.25, -0.2) is 4.79 Å². The van der Waals surface area contributed by atoms with Gasteiger partial charge in [0.15, 0.2) is 11.3 Å². The average Bonchev–Trinajstić information content (AvgIpc) is 3.08. The van der Waals surface area contributed by atoms with E-state index in [-0.39, 0.29) is 6.54 Å². The molecule has 0 bridgehead atoms. The molecule has 1 aromatic carbocycles. The van der Waals surface area contributed by atoms with Crippen molar-refractivity contribution >= 4 is 29.6 Å². The molecule has 1 aliphatic rings. The largest absolute Gasteiger partial charge is 0.494 e. The highest BCUT2D eigenvalue weighted by molar-refractivity contribution is 6.62. The Morgan fingerprint density at radius 3 is 2.28 bits per heavy atom. The van der Waals surface area contributed by atoms with Crippen LogP contribution in [0.1, 0.15) is 54.2 Å². The van der Waals surface area contributed by atoms with Crippen LogP contribution in [-0.2, 0) is 20.6 Å². The Kier molecular flexibility index (Phi) is 5.38. The second-order valence-electron chi connectivity index (χ2n) is 9.30. The van der Waals surface area contributed by atoms with E-state index in [0.717, 1.165) is 10.8 Å². The van der Waals surface area contributed by atoms with Gasteiger partial charge in [0.25, 0.3) is 0 Å². The molecule has 3 rings (SSSR count). The van der Waals surface area contributed by atoms with Gasteiger partial charge in [0.05, 0.1) is 24.9 Å². The van der Waals surface area contributed by atoms with Crippen LogP contribution in [0.25, 0.3) is 11.0 Å². The van der Waals surface area contributed by atoms with Crippen LogP contribution in [0.2, 0.25) is 0 Å². The molecular formula is C21H30BNO6. The van der Waals surface area contributed by atoms with E-state index in [4.69, 9.17) is 23.2 Å². The third kappa shape index (κ3) is 4.54. The lowest BCUT2D eigenvalue weighted by Gasteiger charge is -2.32. The summed E-state index contributed by atoms with van der Waals surface area (Å²) in [5.41, 5.74) is 0.0328. The number of alkyl carbamates (subject to hydrolysis) is 1. The lowest BCUT2D eigenvalue weighted by molar-refractivity contribution is 0.00578. The van der Waals surface area contributed by atoms with Crippen molar-refractivity contribution in [1.29, 1.82) is 0 Å². The lowest BCUT2D eigenvalue weighted by Crippen LogP contribution is -2.41. The van der Waals surface area contributed by atoms with Crippen molar-refractivity contribution in [3.63, 3.8) is 0 Å². The van der Waals surface area contributed by atoms with Crippen molar-refractivity contribution in [1.82, 2.24) is 5.32 Å². The minimum atomic E-state index is -0.557. The molecule has 1 aromatic heterocycles. The normalized spacial score (nSPS) is 18.1. The molecule has 1 saturated heterocycles. The number of carbonyl (C=O) groups excluding carboxylic acids is 1. The SMILES string of the molecule is COc1cc(B2OC(C)(C)C(C)(C)O2)cc2cc(CNC(=O)OC(C)(C)C)oc12. The average molecular weight is 403 g/mol. The summed E-state index contributed by atoms with van der Waals surface area (Å²) in [4.78, 5) is 11.9. The molecule has 158 valence electrons. The van der Waals surface area contributed by atoms with Crippen molar-refractivity contribution in [2.75, 3.05) is 7.11 Å². The van der Waals surface area contributed by atoms with E-state index >= 15 is 0 Å². The molecule has 7 nitrogen and oxygen atoms in total. The molecule has 1 fully saturated rings. The summed E-state index contributed by atoms with van der Waals surface area (Å²) < 4.78 is 29.0. The standard InChI is InChI=1S/C21H30BNO6/c1-19(2,3)27-18(24)23-12-15-10-13-9-14(11-16(25-8)17(13)26-15)22-28-20(4,5)21(6,7)29-22/h9-11H,12H2,1-8H3,(H,23,24). The number of ether oxygens (including phenoxy) is 2. The first-order chi connectivity index (χ1) is 13.3. The molecule has 0 unspecified atom stereocenters. The van der Waals surface area contributed by atoms with Crippen molar-refractivity contribution in [2.45, 2.75) is 71.8 Å². The van der Waals surface area contributed by atoms with E-state index in [0.29, 0.717) is 17.1 Å². The molecule has 0 atom stereocenters. The van der Waals surface area contributed by atoms with E-state index in [1.165, 1.54) is 0 Å². The van der Waals surface area contributed by atoms with Crippen molar-refractivity contribution in [3.05, 3.63) is 24.0 Å². The fourth-order valence-electron chi connectivity index (χ4n) is 3.02. The van der Waals surface area contributed by atoms with Gasteiger partial charge in [-0.3, -0.25) is 0 Å². The van der Waals surface area contributed by atoms with E-state index in [1.807, 2.05) is 66.7 Å². The van der Waals surface area contributed by atoms with Crippen molar-refractivity contribution in [3.8, 4) is 5.75 Å². The monoisotopic (exact) mass is 403 g/mol. The van der Waals surface area contributed by atoms with Gasteiger partial charge in [0.2, 0.25) is 0 Å². The highest BCUT2D eigenvalue weighted by atomic mass is 16.7. The Morgan fingerprint density at radius 1 is 1.10 bits per heavy atom. The number of rotatable bonds is 4. The number of furan rings is 1. The van der Waals surface area contributed by atoms with Crippen LogP contribution < -0.4 is 15.5 Å². The first-order valence-corrected chi connectivity index (χ1v) is 9.74. The van der Waals surface area contributed by atoms with Gasteiger partial charge in [0.1, 0.15) is 11.4 Å². The molecule has 29 heavy (non-hydrogen) atoms. The Bertz CT molecular complexity index is 896. The van der Waals surface area contributed by atoms with Crippen LogP contribution in [0.3, 0.4) is 0 Å². The molecule has 1 amide bonds. The molecule has 2 heterocycles. The highest BCUT2D eigenvalue weighted by Crippen LogP contribution is 2.37. The maximum Gasteiger partial charge on any atom is 0.494 e. The number of benzene rings is 1. The first-order valence-electron chi connectivity index (χ1n) is 9.74. The minimum Gasteiger partial charge on any atom is -0.493 e. The molecule has 0 spiro atoms. The summed E-state index contributed by atoms with van der Waals surface area (Å²) >= 11 is 0. The minimum absolute atomic E-state index is 0.207. The van der Waals surface area contributed by atoms with Crippen molar-refractivity contribution in [2.24, 2.45) is 0 Å². The number of amides is 1. The summed E-state index contributed by atoms with van der Waals surface area (Å²) in [5, 5.41) is 3.54. The fraction of sp³-hybridized carbons (Fsp3) is 0.571. The summed E-state index contributed by atoms with van der Waals surface area (Å²) in [6.45, 7) is 13.7. The third-order valence-electron chi connectivity index (χ3n) is 5.21. The van der Waals surface area contributed by atoms with Gasteiger partial charge in [-0.15, -0.1) is 0 Å². The topological polar surface area (TPSA) is 79.2 Å². The number of nitrogens with one attached hydrogen (secondary N) is 1. The summed E-state index contributed by atoms with van der Waals surface area (Å²) in [6.07, 6.45) is -0.497. The molecule has 8 heteroatoms. The quantitative estimate of drug-likeness (QED) is 0.784. The Balaban J connectivity index is 1.83. The van der Waals surface area contributed by atoms with E-state index in [2.05, 4.69) is 5.32 Å². The molecular weight excluding hydrogens is 373 g/mol. The third-order valence-corrected chi connectivity index (χ3v) is 5.21. The molecule has 0 radical (unpaired) electrons. The van der Waals surface area contributed by atoms with Crippen LogP contribution >= 0.6 is 0 Å². The summed E-state index contributed by atoms with van der Waals surface area (Å²) in [6, 6.07) is 5.68. The van der Waals surface area contributed by atoms with Crippen molar-refractivity contribution < 1.29 is 28.0 Å². The van der Waals surface area contributed by atoms with Gasteiger partial charge >= 0.3 is 13.2 Å². The molecule has 1 N–H and O–H groups in total. The van der Waals surface area contributed by atoms with Crippen LogP contribution in [0, 0.1) is 0 Å². The number of hydrogen-bond acceptors (Lipinski definition) is 6. The first kappa shape index (κ1) is 21.5. The number of fused-ring (bicyclic) bond motifs is 1. The fourth-order valence-corrected chi connectivity index (χ4v) is 3.02. The van der Waals surface area contributed by atoms with E-state index < -0.39 is 30.0 Å². The van der Waals surface area contributed by atoms with Gasteiger partial charge < -0.3 is 28.5 Å². The van der Waals surface area contributed by atoms with Crippen LogP contribution in [0.15, 0.2) is 22.6 Å². The molecule has 0 aliphatic carbocycles. The summed E-state index contributed by atoms with van der Waals surface area (Å²) in [7, 11) is 1.08. The maximum absolute atomic E-state index is 11.9. The second kappa shape index (κ2) is 7.25. The Labute approximate surface area is 172 Å². The van der Waals surface area contributed by atoms with Gasteiger partial charge in [-0.05, 0) is 66.1 Å². The number of methoxy groups -OCH3 is 1. The van der Waals surface area contributed by atoms with Crippen LogP contribution in [-0.4, -0.2) is 37.1 Å². The maximum atomic E-state index is 11.9. The van der Waals surface area contributed by atoms with E-state index in [1.54, 1.807) is 7.11 Å². The zero-order valence-electron chi connectivity index (χ0n) is 18.5. The Hall–Kier alpha value is -2.19. The lowest BCUT2D eigenvalue weighted by atomic mass is 9.78. The predicted octanol–water partition coefficient (Wildman–Crippen LogP) is 3.77. The highest BCUT2D eigenvalue weighted by Gasteiger charge is 2.51. The van der Waals surface area contributed by atoms with Gasteiger partial charge in [0, 0.05) is 5.39 Å². The summed E-state index contributed by atoms with van der Waals surface area (Å²) in [5.74, 6) is 1.17.